The van der Waals surface area contributed by atoms with Gasteiger partial charge >= 0.3 is 0 Å². The lowest BCUT2D eigenvalue weighted by atomic mass is 10.1. The summed E-state index contributed by atoms with van der Waals surface area (Å²) in [6.45, 7) is 4.83. The predicted octanol–water partition coefficient (Wildman–Crippen LogP) is 4.16. The fourth-order valence-electron chi connectivity index (χ4n) is 2.54. The monoisotopic (exact) mass is 373 g/mol. The van der Waals surface area contributed by atoms with Crippen LogP contribution in [0.15, 0.2) is 41.3 Å². The fourth-order valence-corrected chi connectivity index (χ4v) is 3.48. The van der Waals surface area contributed by atoms with Crippen molar-refractivity contribution in [3.8, 4) is 11.5 Å². The number of carbonyl (C=O) groups is 1. The molecular weight excluding hydrogens is 346 g/mol. The lowest BCUT2D eigenvalue weighted by Crippen LogP contribution is -2.25. The lowest BCUT2D eigenvalue weighted by molar-refractivity contribution is -0.120. The van der Waals surface area contributed by atoms with E-state index in [1.54, 1.807) is 26.0 Å². The highest BCUT2D eigenvalue weighted by Gasteiger charge is 2.06. The Labute approximate surface area is 160 Å². The van der Waals surface area contributed by atoms with E-state index >= 15 is 0 Å². The second-order valence-corrected chi connectivity index (χ2v) is 7.30. The Hall–Kier alpha value is -2.14. The van der Waals surface area contributed by atoms with Crippen molar-refractivity contribution in [3.05, 3.63) is 53.1 Å². The summed E-state index contributed by atoms with van der Waals surface area (Å²) in [7, 11) is 3.24. The molecular formula is C21H27NO3S. The van der Waals surface area contributed by atoms with Gasteiger partial charge in [-0.25, -0.2) is 0 Å². The van der Waals surface area contributed by atoms with Crippen molar-refractivity contribution in [2.45, 2.75) is 31.6 Å². The van der Waals surface area contributed by atoms with E-state index in [1.165, 1.54) is 16.0 Å². The average molecular weight is 374 g/mol. The van der Waals surface area contributed by atoms with Gasteiger partial charge in [0, 0.05) is 23.6 Å². The number of aryl methyl sites for hydroxylation is 2. The molecule has 0 atom stereocenters. The molecule has 0 saturated heterocycles. The van der Waals surface area contributed by atoms with Gasteiger partial charge in [-0.15, -0.1) is 11.8 Å². The maximum Gasteiger partial charge on any atom is 0.220 e. The van der Waals surface area contributed by atoms with E-state index in [-0.39, 0.29) is 5.91 Å². The molecule has 140 valence electrons. The van der Waals surface area contributed by atoms with Crippen molar-refractivity contribution in [1.82, 2.24) is 5.32 Å². The molecule has 0 aromatic heterocycles. The molecule has 4 nitrogen and oxygen atoms in total. The van der Waals surface area contributed by atoms with Crippen molar-refractivity contribution >= 4 is 17.7 Å². The largest absolute Gasteiger partial charge is 0.493 e. The average Bonchev–Trinajstić information content (AvgIpc) is 2.64. The normalized spacial score (nSPS) is 10.5. The third-order valence-electron chi connectivity index (χ3n) is 4.26. The Morgan fingerprint density at radius 3 is 2.46 bits per heavy atom. The molecule has 0 aliphatic rings. The number of nitrogens with one attached hydrogen (secondary N) is 1. The van der Waals surface area contributed by atoms with E-state index in [4.69, 9.17) is 9.47 Å². The van der Waals surface area contributed by atoms with Gasteiger partial charge in [-0.05, 0) is 61.2 Å². The van der Waals surface area contributed by atoms with Gasteiger partial charge in [0.15, 0.2) is 11.5 Å². The van der Waals surface area contributed by atoms with Gasteiger partial charge < -0.3 is 14.8 Å². The van der Waals surface area contributed by atoms with E-state index in [1.807, 2.05) is 18.2 Å². The highest BCUT2D eigenvalue weighted by molar-refractivity contribution is 7.99. The minimum atomic E-state index is 0.0850. The molecule has 2 aromatic carbocycles. The van der Waals surface area contributed by atoms with Gasteiger partial charge in [-0.3, -0.25) is 4.79 Å². The maximum absolute atomic E-state index is 12.0. The van der Waals surface area contributed by atoms with Gasteiger partial charge in [0.05, 0.1) is 14.2 Å². The first-order valence-corrected chi connectivity index (χ1v) is 9.69. The zero-order chi connectivity index (χ0) is 18.9. The number of thioether (sulfide) groups is 1. The molecule has 1 N–H and O–H groups in total. The summed E-state index contributed by atoms with van der Waals surface area (Å²) in [6.07, 6.45) is 1.28. The quantitative estimate of drug-likeness (QED) is 0.671. The molecule has 0 aliphatic heterocycles. The van der Waals surface area contributed by atoms with E-state index in [0.29, 0.717) is 24.5 Å². The van der Waals surface area contributed by atoms with Gasteiger partial charge in [0.1, 0.15) is 0 Å². The Balaban J connectivity index is 1.71. The molecule has 26 heavy (non-hydrogen) atoms. The van der Waals surface area contributed by atoms with Crippen LogP contribution in [-0.4, -0.2) is 32.4 Å². The summed E-state index contributed by atoms with van der Waals surface area (Å²) in [6, 6.07) is 12.2. The number of methoxy groups -OCH3 is 2. The molecule has 1 amide bonds. The maximum atomic E-state index is 12.0. The summed E-state index contributed by atoms with van der Waals surface area (Å²) < 4.78 is 10.5. The number of rotatable bonds is 9. The zero-order valence-electron chi connectivity index (χ0n) is 15.9. The Morgan fingerprint density at radius 2 is 1.77 bits per heavy atom. The Morgan fingerprint density at radius 1 is 1.00 bits per heavy atom. The van der Waals surface area contributed by atoms with E-state index in [0.717, 1.165) is 17.7 Å². The van der Waals surface area contributed by atoms with Crippen molar-refractivity contribution in [3.63, 3.8) is 0 Å². The molecule has 0 radical (unpaired) electrons. The standard InChI is InChI=1S/C21H27NO3S/c1-15-5-7-18(13-16(15)2)26-12-10-21(23)22-11-9-17-6-8-19(24-3)20(14-17)25-4/h5-8,13-14H,9-12H2,1-4H3,(H,22,23). The Bertz CT molecular complexity index is 746. The highest BCUT2D eigenvalue weighted by atomic mass is 32.2. The van der Waals surface area contributed by atoms with Gasteiger partial charge in [-0.1, -0.05) is 12.1 Å². The van der Waals surface area contributed by atoms with Crippen LogP contribution in [0.25, 0.3) is 0 Å². The summed E-state index contributed by atoms with van der Waals surface area (Å²) in [5, 5.41) is 2.98. The topological polar surface area (TPSA) is 47.6 Å². The van der Waals surface area contributed by atoms with E-state index in [2.05, 4.69) is 37.4 Å². The second-order valence-electron chi connectivity index (χ2n) is 6.13. The molecule has 2 aromatic rings. The van der Waals surface area contributed by atoms with Crippen LogP contribution in [0.4, 0.5) is 0 Å². The third-order valence-corrected chi connectivity index (χ3v) is 5.26. The SMILES string of the molecule is COc1ccc(CCNC(=O)CCSc2ccc(C)c(C)c2)cc1OC. The predicted molar refractivity (Wildman–Crippen MR) is 108 cm³/mol. The van der Waals surface area contributed by atoms with Crippen LogP contribution in [0.5, 0.6) is 11.5 Å². The summed E-state index contributed by atoms with van der Waals surface area (Å²) in [4.78, 5) is 13.2. The first-order chi connectivity index (χ1) is 12.5. The van der Waals surface area contributed by atoms with Crippen LogP contribution in [0, 0.1) is 13.8 Å². The molecule has 2 rings (SSSR count). The van der Waals surface area contributed by atoms with Crippen LogP contribution < -0.4 is 14.8 Å². The first-order valence-electron chi connectivity index (χ1n) is 8.71. The van der Waals surface area contributed by atoms with Crippen LogP contribution in [0.3, 0.4) is 0 Å². The summed E-state index contributed by atoms with van der Waals surface area (Å²) >= 11 is 1.72. The van der Waals surface area contributed by atoms with Crippen LogP contribution in [0.1, 0.15) is 23.1 Å². The summed E-state index contributed by atoms with van der Waals surface area (Å²) in [5.74, 6) is 2.29. The smallest absolute Gasteiger partial charge is 0.220 e. The van der Waals surface area contributed by atoms with Crippen molar-refractivity contribution in [2.24, 2.45) is 0 Å². The van der Waals surface area contributed by atoms with Crippen LogP contribution in [0.2, 0.25) is 0 Å². The molecule has 0 saturated carbocycles. The summed E-state index contributed by atoms with van der Waals surface area (Å²) in [5.41, 5.74) is 3.68. The van der Waals surface area contributed by atoms with E-state index in [9.17, 15) is 4.79 Å². The number of carbonyl (C=O) groups excluding carboxylic acids is 1. The Kier molecular flexibility index (Phi) is 7.85. The molecule has 0 aliphatic carbocycles. The van der Waals surface area contributed by atoms with E-state index < -0.39 is 0 Å². The highest BCUT2D eigenvalue weighted by Crippen LogP contribution is 2.27. The molecule has 0 spiro atoms. The van der Waals surface area contributed by atoms with Crippen molar-refractivity contribution in [1.29, 1.82) is 0 Å². The lowest BCUT2D eigenvalue weighted by Gasteiger charge is -2.10. The van der Waals surface area contributed by atoms with Crippen LogP contribution in [-0.2, 0) is 11.2 Å². The number of amides is 1. The molecule has 0 bridgehead atoms. The first kappa shape index (κ1) is 20.2. The van der Waals surface area contributed by atoms with Crippen molar-refractivity contribution in [2.75, 3.05) is 26.5 Å². The fraction of sp³-hybridized carbons (Fsp3) is 0.381. The van der Waals surface area contributed by atoms with Gasteiger partial charge in [0.2, 0.25) is 5.91 Å². The van der Waals surface area contributed by atoms with Gasteiger partial charge in [0.25, 0.3) is 0 Å². The molecule has 0 unspecified atom stereocenters. The zero-order valence-corrected chi connectivity index (χ0v) is 16.7. The number of ether oxygens (including phenoxy) is 2. The minimum absolute atomic E-state index is 0.0850. The van der Waals surface area contributed by atoms with Crippen molar-refractivity contribution < 1.29 is 14.3 Å². The molecule has 0 fully saturated rings. The van der Waals surface area contributed by atoms with Crippen LogP contribution >= 0.6 is 11.8 Å². The molecule has 5 heteroatoms. The number of hydrogen-bond donors (Lipinski definition) is 1. The molecule has 0 heterocycles. The minimum Gasteiger partial charge on any atom is -0.493 e. The number of benzene rings is 2. The number of hydrogen-bond acceptors (Lipinski definition) is 4. The van der Waals surface area contributed by atoms with Gasteiger partial charge in [-0.2, -0.15) is 0 Å². The second kappa shape index (κ2) is 10.1. The third kappa shape index (κ3) is 5.99.